The molecule has 26 heavy (non-hydrogen) atoms. The zero-order chi connectivity index (χ0) is 18.2. The van der Waals surface area contributed by atoms with Gasteiger partial charge in [-0.3, -0.25) is 4.79 Å². The molecule has 1 saturated heterocycles. The molecule has 3 rings (SSSR count). The zero-order valence-corrected chi connectivity index (χ0v) is 14.9. The predicted molar refractivity (Wildman–Crippen MR) is 98.5 cm³/mol. The molecule has 1 atom stereocenters. The van der Waals surface area contributed by atoms with Crippen molar-refractivity contribution in [2.75, 3.05) is 32.1 Å². The summed E-state index contributed by atoms with van der Waals surface area (Å²) in [6, 6.07) is 11.2. The monoisotopic (exact) mass is 356 g/mol. The molecule has 1 aromatic carbocycles. The van der Waals surface area contributed by atoms with Crippen molar-refractivity contribution in [3.05, 3.63) is 47.7 Å². The Labute approximate surface area is 153 Å². The number of hydrogen-bond donors (Lipinski definition) is 2. The van der Waals surface area contributed by atoms with Gasteiger partial charge < -0.3 is 20.1 Å². The Morgan fingerprint density at radius 2 is 2.15 bits per heavy atom. The number of hydrogen-bond acceptors (Lipinski definition) is 6. The van der Waals surface area contributed by atoms with E-state index in [2.05, 4.69) is 20.8 Å². The number of carbonyl (C=O) groups excluding carboxylic acids is 1. The van der Waals surface area contributed by atoms with Crippen molar-refractivity contribution in [3.63, 3.8) is 0 Å². The molecule has 1 aliphatic heterocycles. The van der Waals surface area contributed by atoms with Gasteiger partial charge in [0, 0.05) is 19.7 Å². The lowest BCUT2D eigenvalue weighted by Gasteiger charge is -2.11. The van der Waals surface area contributed by atoms with Crippen LogP contribution in [0.3, 0.4) is 0 Å². The number of nitrogens with zero attached hydrogens (tertiary/aromatic N) is 2. The number of para-hydroxylation sites is 1. The summed E-state index contributed by atoms with van der Waals surface area (Å²) in [5, 5.41) is 14.1. The van der Waals surface area contributed by atoms with Gasteiger partial charge in [0.25, 0.3) is 5.91 Å². The highest BCUT2D eigenvalue weighted by atomic mass is 16.5. The minimum absolute atomic E-state index is 0.231. The van der Waals surface area contributed by atoms with Crippen molar-refractivity contribution in [3.8, 4) is 5.75 Å². The summed E-state index contributed by atoms with van der Waals surface area (Å²) in [5.74, 6) is 1.23. The van der Waals surface area contributed by atoms with Gasteiger partial charge in [-0.1, -0.05) is 18.2 Å². The van der Waals surface area contributed by atoms with Crippen LogP contribution in [0.15, 0.2) is 36.4 Å². The number of benzene rings is 1. The van der Waals surface area contributed by atoms with E-state index in [1.165, 1.54) is 0 Å². The van der Waals surface area contributed by atoms with E-state index in [1.54, 1.807) is 19.2 Å². The summed E-state index contributed by atoms with van der Waals surface area (Å²) >= 11 is 0. The number of carbonyl (C=O) groups is 1. The van der Waals surface area contributed by atoms with Gasteiger partial charge in [-0.15, -0.1) is 10.2 Å². The highest BCUT2D eigenvalue weighted by Crippen LogP contribution is 2.17. The molecule has 0 saturated carbocycles. The fraction of sp³-hybridized carbons (Fsp3) is 0.421. The number of ether oxygens (including phenoxy) is 2. The van der Waals surface area contributed by atoms with Crippen molar-refractivity contribution in [1.82, 2.24) is 15.5 Å². The van der Waals surface area contributed by atoms with E-state index in [-0.39, 0.29) is 12.0 Å². The molecule has 1 fully saturated rings. The summed E-state index contributed by atoms with van der Waals surface area (Å²) in [6.45, 7) is 2.03. The maximum absolute atomic E-state index is 12.2. The third-order valence-corrected chi connectivity index (χ3v) is 4.30. The highest BCUT2D eigenvalue weighted by molar-refractivity contribution is 5.92. The molecule has 0 spiro atoms. The van der Waals surface area contributed by atoms with Crippen LogP contribution >= 0.6 is 0 Å². The Kier molecular flexibility index (Phi) is 6.38. The van der Waals surface area contributed by atoms with Crippen LogP contribution in [0.1, 0.15) is 28.9 Å². The van der Waals surface area contributed by atoms with Crippen molar-refractivity contribution in [1.29, 1.82) is 0 Å². The summed E-state index contributed by atoms with van der Waals surface area (Å²) in [6.07, 6.45) is 3.08. The first-order valence-corrected chi connectivity index (χ1v) is 8.85. The number of rotatable bonds is 8. The lowest BCUT2D eigenvalue weighted by Crippen LogP contribution is -2.27. The van der Waals surface area contributed by atoms with Gasteiger partial charge in [0.1, 0.15) is 11.6 Å². The average Bonchev–Trinajstić information content (AvgIpc) is 3.20. The van der Waals surface area contributed by atoms with Crippen molar-refractivity contribution in [2.24, 2.45) is 0 Å². The molecular weight excluding hydrogens is 332 g/mol. The van der Waals surface area contributed by atoms with E-state index in [4.69, 9.17) is 9.47 Å². The molecular formula is C19H24N4O3. The summed E-state index contributed by atoms with van der Waals surface area (Å²) in [4.78, 5) is 12.2. The molecule has 2 N–H and O–H groups in total. The Bertz CT molecular complexity index is 715. The lowest BCUT2D eigenvalue weighted by atomic mass is 10.1. The standard InChI is InChI=1S/C19H24N4O3/c1-25-17-7-3-2-5-14(17)10-11-20-19(24)16-8-9-18(23-22-16)21-13-15-6-4-12-26-15/h2-3,5,7-9,15H,4,6,10-13H2,1H3,(H,20,24)(H,21,23). The van der Waals surface area contributed by atoms with Crippen LogP contribution in [0.25, 0.3) is 0 Å². The molecule has 0 radical (unpaired) electrons. The van der Waals surface area contributed by atoms with Gasteiger partial charge >= 0.3 is 0 Å². The molecule has 1 amide bonds. The first-order valence-electron chi connectivity index (χ1n) is 8.85. The van der Waals surface area contributed by atoms with Crippen LogP contribution < -0.4 is 15.4 Å². The molecule has 1 aromatic heterocycles. The number of anilines is 1. The average molecular weight is 356 g/mol. The van der Waals surface area contributed by atoms with E-state index in [9.17, 15) is 4.79 Å². The molecule has 7 heteroatoms. The van der Waals surface area contributed by atoms with Gasteiger partial charge in [0.05, 0.1) is 13.2 Å². The van der Waals surface area contributed by atoms with E-state index < -0.39 is 0 Å². The number of amides is 1. The van der Waals surface area contributed by atoms with Crippen LogP contribution in [-0.4, -0.2) is 49.0 Å². The third kappa shape index (κ3) is 4.92. The predicted octanol–water partition coefficient (Wildman–Crippen LogP) is 2.05. The number of methoxy groups -OCH3 is 1. The van der Waals surface area contributed by atoms with Crippen molar-refractivity contribution in [2.45, 2.75) is 25.4 Å². The van der Waals surface area contributed by atoms with E-state index in [1.807, 2.05) is 24.3 Å². The molecule has 138 valence electrons. The Morgan fingerprint density at radius 3 is 2.88 bits per heavy atom. The topological polar surface area (TPSA) is 85.4 Å². The molecule has 0 aliphatic carbocycles. The molecule has 0 bridgehead atoms. The molecule has 2 heterocycles. The quantitative estimate of drug-likeness (QED) is 0.753. The number of nitrogens with one attached hydrogen (secondary N) is 2. The van der Waals surface area contributed by atoms with Gasteiger partial charge in [-0.2, -0.15) is 0 Å². The largest absolute Gasteiger partial charge is 0.496 e. The van der Waals surface area contributed by atoms with Crippen LogP contribution in [0.2, 0.25) is 0 Å². The Balaban J connectivity index is 1.45. The summed E-state index contributed by atoms with van der Waals surface area (Å²) < 4.78 is 10.9. The second-order valence-corrected chi connectivity index (χ2v) is 6.14. The molecule has 1 aliphatic rings. The fourth-order valence-electron chi connectivity index (χ4n) is 2.88. The lowest BCUT2D eigenvalue weighted by molar-refractivity contribution is 0.0948. The minimum atomic E-state index is -0.238. The van der Waals surface area contributed by atoms with Crippen molar-refractivity contribution < 1.29 is 14.3 Å². The van der Waals surface area contributed by atoms with Crippen LogP contribution in [-0.2, 0) is 11.2 Å². The molecule has 7 nitrogen and oxygen atoms in total. The van der Waals surface area contributed by atoms with Gasteiger partial charge in [-0.25, -0.2) is 0 Å². The van der Waals surface area contributed by atoms with Crippen LogP contribution in [0.5, 0.6) is 5.75 Å². The second-order valence-electron chi connectivity index (χ2n) is 6.14. The van der Waals surface area contributed by atoms with Crippen molar-refractivity contribution >= 4 is 11.7 Å². The third-order valence-electron chi connectivity index (χ3n) is 4.30. The Morgan fingerprint density at radius 1 is 1.27 bits per heavy atom. The van der Waals surface area contributed by atoms with Gasteiger partial charge in [0.2, 0.25) is 0 Å². The Hall–Kier alpha value is -2.67. The van der Waals surface area contributed by atoms with E-state index in [0.29, 0.717) is 31.0 Å². The number of aromatic nitrogens is 2. The first kappa shape index (κ1) is 18.1. The van der Waals surface area contributed by atoms with Gasteiger partial charge in [-0.05, 0) is 43.0 Å². The fourth-order valence-corrected chi connectivity index (χ4v) is 2.88. The normalized spacial score (nSPS) is 16.3. The summed E-state index contributed by atoms with van der Waals surface area (Å²) in [5.41, 5.74) is 1.35. The van der Waals surface area contributed by atoms with Crippen LogP contribution in [0.4, 0.5) is 5.82 Å². The molecule has 1 unspecified atom stereocenters. The van der Waals surface area contributed by atoms with E-state index >= 15 is 0 Å². The SMILES string of the molecule is COc1ccccc1CCNC(=O)c1ccc(NCC2CCCO2)nn1. The highest BCUT2D eigenvalue weighted by Gasteiger charge is 2.15. The van der Waals surface area contributed by atoms with Crippen LogP contribution in [0, 0.1) is 0 Å². The second kappa shape index (κ2) is 9.15. The zero-order valence-electron chi connectivity index (χ0n) is 14.9. The smallest absolute Gasteiger partial charge is 0.271 e. The van der Waals surface area contributed by atoms with E-state index in [0.717, 1.165) is 30.8 Å². The van der Waals surface area contributed by atoms with Gasteiger partial charge in [0.15, 0.2) is 5.69 Å². The maximum Gasteiger partial charge on any atom is 0.271 e. The molecule has 2 aromatic rings. The first-order chi connectivity index (χ1) is 12.8. The minimum Gasteiger partial charge on any atom is -0.496 e. The summed E-state index contributed by atoms with van der Waals surface area (Å²) in [7, 11) is 1.64. The maximum atomic E-state index is 12.2.